The van der Waals surface area contributed by atoms with Gasteiger partial charge < -0.3 is 5.32 Å². The van der Waals surface area contributed by atoms with Gasteiger partial charge in [0.15, 0.2) is 5.82 Å². The number of tetrazole rings is 1. The minimum atomic E-state index is -0.0206. The Balaban J connectivity index is 1.45. The standard InChI is InChI=1S/C13H14BrN5OS/c14-9-1-3-10(4-2-9)15-13(20)8-21-7-12-16-17-18-19(12)11-5-6-11/h1-4,11H,5-8H2,(H,15,20). The van der Waals surface area contributed by atoms with Crippen molar-refractivity contribution in [1.82, 2.24) is 20.2 Å². The number of halogens is 1. The quantitative estimate of drug-likeness (QED) is 0.849. The fourth-order valence-electron chi connectivity index (χ4n) is 1.88. The fourth-order valence-corrected chi connectivity index (χ4v) is 2.87. The minimum Gasteiger partial charge on any atom is -0.325 e. The van der Waals surface area contributed by atoms with Crippen molar-refractivity contribution >= 4 is 39.3 Å². The van der Waals surface area contributed by atoms with E-state index < -0.39 is 0 Å². The van der Waals surface area contributed by atoms with Crippen molar-refractivity contribution in [3.05, 3.63) is 34.6 Å². The first kappa shape index (κ1) is 14.5. The zero-order valence-electron chi connectivity index (χ0n) is 11.2. The van der Waals surface area contributed by atoms with Crippen LogP contribution in [0.2, 0.25) is 0 Å². The number of nitrogens with zero attached hydrogens (tertiary/aromatic N) is 4. The van der Waals surface area contributed by atoms with E-state index in [9.17, 15) is 4.79 Å². The Morgan fingerprint density at radius 2 is 2.14 bits per heavy atom. The van der Waals surface area contributed by atoms with Crippen LogP contribution in [0.4, 0.5) is 5.69 Å². The second-order valence-corrected chi connectivity index (χ2v) is 6.72. The zero-order chi connectivity index (χ0) is 14.7. The first-order chi connectivity index (χ1) is 10.2. The van der Waals surface area contributed by atoms with Gasteiger partial charge in [-0.3, -0.25) is 4.79 Å². The van der Waals surface area contributed by atoms with Gasteiger partial charge in [-0.2, -0.15) is 0 Å². The van der Waals surface area contributed by atoms with Gasteiger partial charge in [-0.1, -0.05) is 15.9 Å². The number of anilines is 1. The molecule has 0 aliphatic heterocycles. The Kier molecular flexibility index (Phi) is 4.54. The largest absolute Gasteiger partial charge is 0.325 e. The fraction of sp³-hybridized carbons (Fsp3) is 0.385. The summed E-state index contributed by atoms with van der Waals surface area (Å²) in [6.07, 6.45) is 2.29. The normalized spacial score (nSPS) is 14.1. The van der Waals surface area contributed by atoms with E-state index in [4.69, 9.17) is 0 Å². The van der Waals surface area contributed by atoms with E-state index in [1.54, 1.807) is 0 Å². The maximum atomic E-state index is 11.9. The van der Waals surface area contributed by atoms with Crippen molar-refractivity contribution < 1.29 is 4.79 Å². The van der Waals surface area contributed by atoms with E-state index in [1.165, 1.54) is 11.8 Å². The number of aromatic nitrogens is 4. The lowest BCUT2D eigenvalue weighted by molar-refractivity contribution is -0.113. The van der Waals surface area contributed by atoms with Gasteiger partial charge in [-0.05, 0) is 47.5 Å². The molecule has 110 valence electrons. The van der Waals surface area contributed by atoms with E-state index in [2.05, 4.69) is 36.8 Å². The first-order valence-electron chi connectivity index (χ1n) is 6.62. The highest BCUT2D eigenvalue weighted by Gasteiger charge is 2.27. The van der Waals surface area contributed by atoms with Crippen LogP contribution >= 0.6 is 27.7 Å². The molecule has 0 bridgehead atoms. The third kappa shape index (κ3) is 4.04. The summed E-state index contributed by atoms with van der Waals surface area (Å²) in [5, 5.41) is 14.6. The van der Waals surface area contributed by atoms with Crippen LogP contribution in [0, 0.1) is 0 Å². The van der Waals surface area contributed by atoms with Crippen LogP contribution in [0.3, 0.4) is 0 Å². The molecule has 0 radical (unpaired) electrons. The molecule has 21 heavy (non-hydrogen) atoms. The maximum absolute atomic E-state index is 11.9. The van der Waals surface area contributed by atoms with Crippen molar-refractivity contribution in [1.29, 1.82) is 0 Å². The summed E-state index contributed by atoms with van der Waals surface area (Å²) >= 11 is 4.88. The lowest BCUT2D eigenvalue weighted by Gasteiger charge is -2.05. The van der Waals surface area contributed by atoms with Crippen LogP contribution in [0.15, 0.2) is 28.7 Å². The van der Waals surface area contributed by atoms with Gasteiger partial charge in [0.05, 0.1) is 17.5 Å². The Morgan fingerprint density at radius 1 is 1.38 bits per heavy atom. The van der Waals surface area contributed by atoms with Crippen LogP contribution in [0.5, 0.6) is 0 Å². The summed E-state index contributed by atoms with van der Waals surface area (Å²) in [6.45, 7) is 0. The number of amides is 1. The summed E-state index contributed by atoms with van der Waals surface area (Å²) in [6, 6.07) is 7.98. The number of carbonyl (C=O) groups excluding carboxylic acids is 1. The molecule has 1 aromatic carbocycles. The first-order valence-corrected chi connectivity index (χ1v) is 8.57. The number of benzene rings is 1. The third-order valence-corrected chi connectivity index (χ3v) is 4.50. The monoisotopic (exact) mass is 367 g/mol. The summed E-state index contributed by atoms with van der Waals surface area (Å²) < 4.78 is 2.86. The predicted octanol–water partition coefficient (Wildman–Crippen LogP) is 2.64. The summed E-state index contributed by atoms with van der Waals surface area (Å²) in [7, 11) is 0. The zero-order valence-corrected chi connectivity index (χ0v) is 13.6. The SMILES string of the molecule is O=C(CSCc1nnnn1C1CC1)Nc1ccc(Br)cc1. The van der Waals surface area contributed by atoms with E-state index in [1.807, 2.05) is 28.9 Å². The molecule has 1 aliphatic carbocycles. The van der Waals surface area contributed by atoms with Gasteiger partial charge in [0.2, 0.25) is 5.91 Å². The van der Waals surface area contributed by atoms with Crippen molar-refractivity contribution in [3.8, 4) is 0 Å². The van der Waals surface area contributed by atoms with Crippen LogP contribution in [-0.4, -0.2) is 31.9 Å². The Bertz CT molecular complexity index is 626. The number of nitrogens with one attached hydrogen (secondary N) is 1. The smallest absolute Gasteiger partial charge is 0.234 e. The van der Waals surface area contributed by atoms with Crippen LogP contribution < -0.4 is 5.32 Å². The molecule has 8 heteroatoms. The molecule has 1 aromatic heterocycles. The van der Waals surface area contributed by atoms with Gasteiger partial charge in [0.1, 0.15) is 0 Å². The highest BCUT2D eigenvalue weighted by molar-refractivity contribution is 9.10. The number of rotatable bonds is 6. The summed E-state index contributed by atoms with van der Waals surface area (Å²) in [4.78, 5) is 11.9. The predicted molar refractivity (Wildman–Crippen MR) is 85.0 cm³/mol. The summed E-state index contributed by atoms with van der Waals surface area (Å²) in [5.41, 5.74) is 0.798. The van der Waals surface area contributed by atoms with Crippen molar-refractivity contribution in [2.24, 2.45) is 0 Å². The second-order valence-electron chi connectivity index (χ2n) is 4.82. The average molecular weight is 368 g/mol. The topological polar surface area (TPSA) is 72.7 Å². The number of hydrogen-bond donors (Lipinski definition) is 1. The van der Waals surface area contributed by atoms with E-state index >= 15 is 0 Å². The Hall–Kier alpha value is -1.41. The van der Waals surface area contributed by atoms with Crippen LogP contribution in [-0.2, 0) is 10.5 Å². The molecule has 1 aliphatic rings. The van der Waals surface area contributed by atoms with Gasteiger partial charge >= 0.3 is 0 Å². The van der Waals surface area contributed by atoms with Crippen LogP contribution in [0.1, 0.15) is 24.7 Å². The van der Waals surface area contributed by atoms with Gasteiger partial charge in [-0.15, -0.1) is 16.9 Å². The maximum Gasteiger partial charge on any atom is 0.234 e. The van der Waals surface area contributed by atoms with E-state index in [-0.39, 0.29) is 5.91 Å². The minimum absolute atomic E-state index is 0.0206. The van der Waals surface area contributed by atoms with Crippen LogP contribution in [0.25, 0.3) is 0 Å². The molecule has 1 heterocycles. The molecule has 2 aromatic rings. The molecule has 1 saturated carbocycles. The summed E-state index contributed by atoms with van der Waals surface area (Å²) in [5.74, 6) is 1.86. The van der Waals surface area contributed by atoms with Gasteiger partial charge in [0, 0.05) is 10.2 Å². The molecule has 0 unspecified atom stereocenters. The average Bonchev–Trinajstić information content (AvgIpc) is 3.21. The molecule has 3 rings (SSSR count). The third-order valence-electron chi connectivity index (χ3n) is 3.05. The molecule has 0 saturated heterocycles. The lowest BCUT2D eigenvalue weighted by Crippen LogP contribution is -2.14. The Morgan fingerprint density at radius 3 is 2.86 bits per heavy atom. The molecular weight excluding hydrogens is 354 g/mol. The molecule has 6 nitrogen and oxygen atoms in total. The Labute approximate surface area is 134 Å². The highest BCUT2D eigenvalue weighted by Crippen LogP contribution is 2.34. The van der Waals surface area contributed by atoms with Crippen molar-refractivity contribution in [2.75, 3.05) is 11.1 Å². The molecule has 1 N–H and O–H groups in total. The number of hydrogen-bond acceptors (Lipinski definition) is 5. The molecule has 1 fully saturated rings. The molecule has 1 amide bonds. The molecule has 0 spiro atoms. The van der Waals surface area contributed by atoms with E-state index in [0.717, 1.165) is 28.8 Å². The van der Waals surface area contributed by atoms with E-state index in [0.29, 0.717) is 17.5 Å². The second kappa shape index (κ2) is 6.57. The van der Waals surface area contributed by atoms with Gasteiger partial charge in [-0.25, -0.2) is 4.68 Å². The van der Waals surface area contributed by atoms with Crippen molar-refractivity contribution in [3.63, 3.8) is 0 Å². The number of thioether (sulfide) groups is 1. The highest BCUT2D eigenvalue weighted by atomic mass is 79.9. The van der Waals surface area contributed by atoms with Gasteiger partial charge in [0.25, 0.3) is 0 Å². The molecule has 0 atom stereocenters. The number of carbonyl (C=O) groups is 1. The lowest BCUT2D eigenvalue weighted by atomic mass is 10.3. The van der Waals surface area contributed by atoms with Crippen molar-refractivity contribution in [2.45, 2.75) is 24.6 Å². The molecular formula is C13H14BrN5OS.